The Bertz CT molecular complexity index is 133. The lowest BCUT2D eigenvalue weighted by Gasteiger charge is -1.95. The van der Waals surface area contributed by atoms with Gasteiger partial charge in [0.1, 0.15) is 0 Å². The average molecular weight is 105 g/mol. The van der Waals surface area contributed by atoms with Gasteiger partial charge in [-0.15, -0.1) is 0 Å². The second kappa shape index (κ2) is 1.19. The van der Waals surface area contributed by atoms with Crippen molar-refractivity contribution in [1.82, 2.24) is 0 Å². The molecule has 2 aliphatic carbocycles. The molecule has 2 rings (SSSR count). The van der Waals surface area contributed by atoms with E-state index in [0.29, 0.717) is 5.41 Å². The highest BCUT2D eigenvalue weighted by Gasteiger charge is 2.44. The molecular weight excluding hydrogens is 96.1 g/mol. The Labute approximate surface area is 49.9 Å². The van der Waals surface area contributed by atoms with Crippen molar-refractivity contribution < 1.29 is 0 Å². The molecule has 0 heteroatoms. The fourth-order valence-electron chi connectivity index (χ4n) is 1.09. The molecule has 0 nitrogen and oxygen atoms in total. The van der Waals surface area contributed by atoms with E-state index in [2.05, 4.69) is 30.7 Å². The molecule has 0 N–H and O–H groups in total. The van der Waals surface area contributed by atoms with Gasteiger partial charge in [0.25, 0.3) is 0 Å². The zero-order valence-electron chi connectivity index (χ0n) is 4.80. The molecule has 0 saturated heterocycles. The fraction of sp³-hybridized carbons (Fsp3) is 0.375. The molecule has 0 aromatic carbocycles. The van der Waals surface area contributed by atoms with Crippen LogP contribution in [0.5, 0.6) is 0 Å². The minimum absolute atomic E-state index is 0.536. The minimum atomic E-state index is 0.536. The van der Waals surface area contributed by atoms with Crippen LogP contribution in [0.4, 0.5) is 0 Å². The molecule has 0 heterocycles. The van der Waals surface area contributed by atoms with Crippen molar-refractivity contribution in [2.75, 3.05) is 0 Å². The maximum atomic E-state index is 2.30. The molecule has 1 spiro atoms. The van der Waals surface area contributed by atoms with Crippen LogP contribution < -0.4 is 0 Å². The minimum Gasteiger partial charge on any atom is -0.0134 e. The first-order chi connectivity index (χ1) is 3.91. The molecule has 0 aliphatic heterocycles. The molecule has 40 valence electrons. The van der Waals surface area contributed by atoms with Crippen LogP contribution in [-0.2, 0) is 0 Å². The maximum Gasteiger partial charge on any atom is 0.0934 e. The lowest BCUT2D eigenvalue weighted by atomic mass is 10.0. The third-order valence-corrected chi connectivity index (χ3v) is 1.91. The Morgan fingerprint density at radius 2 is 1.75 bits per heavy atom. The van der Waals surface area contributed by atoms with Crippen molar-refractivity contribution in [3.63, 3.8) is 0 Å². The third-order valence-electron chi connectivity index (χ3n) is 1.91. The molecular formula is C8H9+. The van der Waals surface area contributed by atoms with Gasteiger partial charge in [-0.05, 0) is 12.8 Å². The molecule has 1 fully saturated rings. The Morgan fingerprint density at radius 1 is 1.12 bits per heavy atom. The highest BCUT2D eigenvalue weighted by molar-refractivity contribution is 5.29. The molecule has 0 atom stereocenters. The van der Waals surface area contributed by atoms with E-state index in [-0.39, 0.29) is 0 Å². The van der Waals surface area contributed by atoms with Gasteiger partial charge in [-0.1, -0.05) is 0 Å². The number of rotatable bonds is 0. The van der Waals surface area contributed by atoms with Crippen LogP contribution in [0.15, 0.2) is 24.3 Å². The van der Waals surface area contributed by atoms with Gasteiger partial charge >= 0.3 is 0 Å². The standard InChI is InChI=1S/C8H9/c1-2-4-8(5-3-1)6-7-8/h1-5H,6-7H2/q+1. The van der Waals surface area contributed by atoms with Crippen LogP contribution in [0.2, 0.25) is 0 Å². The number of hydrogen-bond acceptors (Lipinski definition) is 0. The largest absolute Gasteiger partial charge is 0.0934 e. The van der Waals surface area contributed by atoms with E-state index in [9.17, 15) is 0 Å². The first kappa shape index (κ1) is 4.25. The second-order valence-electron chi connectivity index (χ2n) is 2.64. The second-order valence-corrected chi connectivity index (χ2v) is 2.64. The summed E-state index contributed by atoms with van der Waals surface area (Å²) in [4.78, 5) is 0. The zero-order chi connectivity index (χ0) is 5.45. The Balaban J connectivity index is 2.24. The lowest BCUT2D eigenvalue weighted by molar-refractivity contribution is 0.846. The first-order valence-electron chi connectivity index (χ1n) is 3.12. The summed E-state index contributed by atoms with van der Waals surface area (Å²) in [5.41, 5.74) is 0.536. The summed E-state index contributed by atoms with van der Waals surface area (Å²) < 4.78 is 0. The van der Waals surface area contributed by atoms with Gasteiger partial charge in [-0.2, -0.15) is 0 Å². The van der Waals surface area contributed by atoms with Crippen LogP contribution in [0.25, 0.3) is 0 Å². The Kier molecular flexibility index (Phi) is 0.633. The quantitative estimate of drug-likeness (QED) is 0.414. The molecule has 0 radical (unpaired) electrons. The number of hydrogen-bond donors (Lipinski definition) is 0. The van der Waals surface area contributed by atoms with E-state index < -0.39 is 0 Å². The summed E-state index contributed by atoms with van der Waals surface area (Å²) in [6.07, 6.45) is 13.7. The van der Waals surface area contributed by atoms with Gasteiger partial charge in [0.15, 0.2) is 0 Å². The Hall–Kier alpha value is -0.650. The van der Waals surface area contributed by atoms with E-state index in [0.717, 1.165) is 0 Å². The van der Waals surface area contributed by atoms with Crippen molar-refractivity contribution in [2.24, 2.45) is 5.41 Å². The molecule has 0 amide bonds. The van der Waals surface area contributed by atoms with Gasteiger partial charge in [0, 0.05) is 30.7 Å². The summed E-state index contributed by atoms with van der Waals surface area (Å²) in [5, 5.41) is 0. The normalized spacial score (nSPS) is 28.0. The predicted octanol–water partition coefficient (Wildman–Crippen LogP) is 2.10. The highest BCUT2D eigenvalue weighted by Crippen LogP contribution is 2.49. The summed E-state index contributed by atoms with van der Waals surface area (Å²) in [6, 6.07) is 0. The van der Waals surface area contributed by atoms with Gasteiger partial charge < -0.3 is 0 Å². The van der Waals surface area contributed by atoms with Crippen molar-refractivity contribution in [3.05, 3.63) is 30.7 Å². The topological polar surface area (TPSA) is 0 Å². The van der Waals surface area contributed by atoms with Crippen LogP contribution in [0.3, 0.4) is 0 Å². The maximum absolute atomic E-state index is 2.30. The average Bonchev–Trinajstić information content (AvgIpc) is 2.52. The SMILES string of the molecule is C1=CC2(C=C[CH+]1)CC2. The molecule has 8 heavy (non-hydrogen) atoms. The molecule has 1 saturated carbocycles. The van der Waals surface area contributed by atoms with Gasteiger partial charge in [0.2, 0.25) is 0 Å². The van der Waals surface area contributed by atoms with Gasteiger partial charge in [-0.3, -0.25) is 0 Å². The van der Waals surface area contributed by atoms with Crippen LogP contribution >= 0.6 is 0 Å². The van der Waals surface area contributed by atoms with E-state index >= 15 is 0 Å². The summed E-state index contributed by atoms with van der Waals surface area (Å²) in [6.45, 7) is 0. The lowest BCUT2D eigenvalue weighted by Crippen LogP contribution is -1.91. The van der Waals surface area contributed by atoms with Crippen LogP contribution in [0.1, 0.15) is 12.8 Å². The molecule has 0 aromatic heterocycles. The van der Waals surface area contributed by atoms with Gasteiger partial charge in [0.05, 0.1) is 5.41 Å². The Morgan fingerprint density at radius 3 is 2.12 bits per heavy atom. The van der Waals surface area contributed by atoms with Crippen molar-refractivity contribution >= 4 is 0 Å². The first-order valence-corrected chi connectivity index (χ1v) is 3.12. The van der Waals surface area contributed by atoms with Crippen molar-refractivity contribution in [1.29, 1.82) is 0 Å². The monoisotopic (exact) mass is 105 g/mol. The van der Waals surface area contributed by atoms with E-state index in [1.54, 1.807) is 0 Å². The van der Waals surface area contributed by atoms with Crippen LogP contribution in [0, 0.1) is 11.8 Å². The summed E-state index contributed by atoms with van der Waals surface area (Å²) in [7, 11) is 0. The van der Waals surface area contributed by atoms with E-state index in [4.69, 9.17) is 0 Å². The molecule has 0 unspecified atom stereocenters. The highest BCUT2D eigenvalue weighted by atomic mass is 14.4. The van der Waals surface area contributed by atoms with Crippen LogP contribution in [-0.4, -0.2) is 0 Å². The summed E-state index contributed by atoms with van der Waals surface area (Å²) in [5.74, 6) is 0. The van der Waals surface area contributed by atoms with E-state index in [1.807, 2.05) is 0 Å². The smallest absolute Gasteiger partial charge is 0.0134 e. The van der Waals surface area contributed by atoms with E-state index in [1.165, 1.54) is 12.8 Å². The van der Waals surface area contributed by atoms with Crippen molar-refractivity contribution in [3.8, 4) is 0 Å². The molecule has 0 bridgehead atoms. The van der Waals surface area contributed by atoms with Gasteiger partial charge in [-0.25, -0.2) is 0 Å². The zero-order valence-corrected chi connectivity index (χ0v) is 4.80. The molecule has 0 aromatic rings. The fourth-order valence-corrected chi connectivity index (χ4v) is 1.09. The van der Waals surface area contributed by atoms with Crippen molar-refractivity contribution in [2.45, 2.75) is 12.8 Å². The summed E-state index contributed by atoms with van der Waals surface area (Å²) >= 11 is 0. The third kappa shape index (κ3) is 0.492. The molecule has 2 aliphatic rings. The predicted molar refractivity (Wildman–Crippen MR) is 34.2 cm³/mol. The number of allylic oxidation sites excluding steroid dienone is 4.